The lowest BCUT2D eigenvalue weighted by molar-refractivity contribution is -0.137. The highest BCUT2D eigenvalue weighted by atomic mass is 16.2. The lowest BCUT2D eigenvalue weighted by Crippen LogP contribution is -2.46. The molecular weight excluding hydrogens is 308 g/mol. The van der Waals surface area contributed by atoms with E-state index in [1.54, 1.807) is 18.1 Å². The Kier molecular flexibility index (Phi) is 4.78. The van der Waals surface area contributed by atoms with Crippen molar-refractivity contribution >= 4 is 17.8 Å². The second-order valence-corrected chi connectivity index (χ2v) is 6.51. The molecule has 0 radical (unpaired) electrons. The van der Waals surface area contributed by atoms with Gasteiger partial charge in [-0.3, -0.25) is 19.5 Å². The van der Waals surface area contributed by atoms with Crippen LogP contribution in [-0.2, 0) is 16.0 Å². The van der Waals surface area contributed by atoms with E-state index < -0.39 is 0 Å². The van der Waals surface area contributed by atoms with Crippen LogP contribution in [0.15, 0.2) is 24.5 Å². The first-order valence-electron chi connectivity index (χ1n) is 8.26. The standard InChI is InChI=1S/C17H22N4O3/c1-19-11-16(23)21(17(19)24)12-15(22)20-7-4-13(5-8-20)9-14-3-2-6-18-10-14/h2-3,6,10,13H,4-5,7-9,11-12H2,1H3. The number of urea groups is 1. The monoisotopic (exact) mass is 330 g/mol. The van der Waals surface area contributed by atoms with Gasteiger partial charge in [-0.05, 0) is 36.8 Å². The van der Waals surface area contributed by atoms with Crippen molar-refractivity contribution in [2.75, 3.05) is 33.2 Å². The van der Waals surface area contributed by atoms with Gasteiger partial charge in [-0.15, -0.1) is 0 Å². The summed E-state index contributed by atoms with van der Waals surface area (Å²) in [4.78, 5) is 44.2. The molecule has 0 aliphatic carbocycles. The molecule has 2 fully saturated rings. The van der Waals surface area contributed by atoms with Crippen molar-refractivity contribution in [2.45, 2.75) is 19.3 Å². The zero-order valence-corrected chi connectivity index (χ0v) is 13.9. The normalized spacial score (nSPS) is 19.3. The molecule has 2 saturated heterocycles. The van der Waals surface area contributed by atoms with Gasteiger partial charge in [0.25, 0.3) is 5.91 Å². The summed E-state index contributed by atoms with van der Waals surface area (Å²) in [6.45, 7) is 1.26. The van der Waals surface area contributed by atoms with Crippen molar-refractivity contribution in [3.8, 4) is 0 Å². The fourth-order valence-electron chi connectivity index (χ4n) is 3.30. The molecule has 0 aromatic carbocycles. The Hall–Kier alpha value is -2.44. The van der Waals surface area contributed by atoms with Gasteiger partial charge in [0.1, 0.15) is 13.1 Å². The minimum atomic E-state index is -0.389. The van der Waals surface area contributed by atoms with Crippen molar-refractivity contribution in [1.82, 2.24) is 19.7 Å². The van der Waals surface area contributed by atoms with Crippen LogP contribution in [0.3, 0.4) is 0 Å². The third-order valence-corrected chi connectivity index (χ3v) is 4.74. The van der Waals surface area contributed by atoms with Crippen LogP contribution < -0.4 is 0 Å². The first-order chi connectivity index (χ1) is 11.5. The number of amides is 4. The maximum absolute atomic E-state index is 12.4. The molecule has 7 heteroatoms. The van der Waals surface area contributed by atoms with E-state index in [4.69, 9.17) is 0 Å². The Morgan fingerprint density at radius 2 is 2.04 bits per heavy atom. The average molecular weight is 330 g/mol. The van der Waals surface area contributed by atoms with Gasteiger partial charge < -0.3 is 9.80 Å². The zero-order valence-electron chi connectivity index (χ0n) is 13.9. The summed E-state index contributed by atoms with van der Waals surface area (Å²) in [5, 5.41) is 0. The SMILES string of the molecule is CN1CC(=O)N(CC(=O)N2CCC(Cc3cccnc3)CC2)C1=O. The predicted molar refractivity (Wildman–Crippen MR) is 87.0 cm³/mol. The molecule has 1 aromatic rings. The van der Waals surface area contributed by atoms with E-state index in [0.29, 0.717) is 19.0 Å². The molecule has 2 aliphatic rings. The molecule has 0 bridgehead atoms. The van der Waals surface area contributed by atoms with Crippen molar-refractivity contribution in [3.63, 3.8) is 0 Å². The summed E-state index contributed by atoms with van der Waals surface area (Å²) in [5.41, 5.74) is 1.22. The molecule has 2 aliphatic heterocycles. The number of hydrogen-bond donors (Lipinski definition) is 0. The summed E-state index contributed by atoms with van der Waals surface area (Å²) >= 11 is 0. The number of pyridine rings is 1. The Morgan fingerprint density at radius 3 is 2.62 bits per heavy atom. The molecule has 0 N–H and O–H groups in total. The summed E-state index contributed by atoms with van der Waals surface area (Å²) < 4.78 is 0. The number of piperidine rings is 1. The molecule has 3 heterocycles. The Bertz CT molecular complexity index is 626. The number of nitrogens with zero attached hydrogens (tertiary/aromatic N) is 4. The van der Waals surface area contributed by atoms with E-state index >= 15 is 0 Å². The number of aromatic nitrogens is 1. The first-order valence-corrected chi connectivity index (χ1v) is 8.26. The van der Waals surface area contributed by atoms with Crippen molar-refractivity contribution in [3.05, 3.63) is 30.1 Å². The number of carbonyl (C=O) groups excluding carboxylic acids is 3. The highest BCUT2D eigenvalue weighted by Crippen LogP contribution is 2.21. The molecule has 0 atom stereocenters. The molecule has 0 saturated carbocycles. The molecule has 7 nitrogen and oxygen atoms in total. The van der Waals surface area contributed by atoms with Gasteiger partial charge in [-0.2, -0.15) is 0 Å². The van der Waals surface area contributed by atoms with Gasteiger partial charge in [0.05, 0.1) is 0 Å². The van der Waals surface area contributed by atoms with Crippen LogP contribution in [0, 0.1) is 5.92 Å². The molecule has 0 unspecified atom stereocenters. The largest absolute Gasteiger partial charge is 0.341 e. The van der Waals surface area contributed by atoms with Crippen LogP contribution in [-0.4, -0.2) is 70.8 Å². The molecule has 4 amide bonds. The average Bonchev–Trinajstić information content (AvgIpc) is 2.83. The Labute approximate surface area is 141 Å². The van der Waals surface area contributed by atoms with E-state index in [1.165, 1.54) is 10.5 Å². The van der Waals surface area contributed by atoms with Crippen LogP contribution in [0.4, 0.5) is 4.79 Å². The van der Waals surface area contributed by atoms with Crippen LogP contribution in [0.1, 0.15) is 18.4 Å². The second-order valence-electron chi connectivity index (χ2n) is 6.51. The van der Waals surface area contributed by atoms with Crippen molar-refractivity contribution < 1.29 is 14.4 Å². The number of hydrogen-bond acceptors (Lipinski definition) is 4. The highest BCUT2D eigenvalue weighted by Gasteiger charge is 2.36. The number of likely N-dealkylation sites (tertiary alicyclic amines) is 1. The third-order valence-electron chi connectivity index (χ3n) is 4.74. The van der Waals surface area contributed by atoms with Crippen molar-refractivity contribution in [1.29, 1.82) is 0 Å². The molecule has 128 valence electrons. The summed E-state index contributed by atoms with van der Waals surface area (Å²) in [5.74, 6) is 0.0913. The van der Waals surface area contributed by atoms with E-state index in [-0.39, 0.29) is 30.9 Å². The van der Waals surface area contributed by atoms with Crippen LogP contribution in [0.5, 0.6) is 0 Å². The van der Waals surface area contributed by atoms with Crippen LogP contribution in [0.25, 0.3) is 0 Å². The molecule has 1 aromatic heterocycles. The van der Waals surface area contributed by atoms with Gasteiger partial charge in [-0.25, -0.2) is 4.79 Å². The fraction of sp³-hybridized carbons (Fsp3) is 0.529. The number of rotatable bonds is 4. The maximum atomic E-state index is 12.4. The molecular formula is C17H22N4O3. The maximum Gasteiger partial charge on any atom is 0.327 e. The smallest absolute Gasteiger partial charge is 0.327 e. The lowest BCUT2D eigenvalue weighted by atomic mass is 9.91. The van der Waals surface area contributed by atoms with Gasteiger partial charge in [0, 0.05) is 32.5 Å². The predicted octanol–water partition coefficient (Wildman–Crippen LogP) is 0.757. The van der Waals surface area contributed by atoms with E-state index in [1.807, 2.05) is 12.3 Å². The highest BCUT2D eigenvalue weighted by molar-refractivity contribution is 6.04. The van der Waals surface area contributed by atoms with Gasteiger partial charge >= 0.3 is 6.03 Å². The molecule has 0 spiro atoms. The number of carbonyl (C=O) groups is 3. The number of imide groups is 1. The first kappa shape index (κ1) is 16.4. The third kappa shape index (κ3) is 3.55. The lowest BCUT2D eigenvalue weighted by Gasteiger charge is -2.32. The topological polar surface area (TPSA) is 73.8 Å². The van der Waals surface area contributed by atoms with Crippen LogP contribution in [0.2, 0.25) is 0 Å². The van der Waals surface area contributed by atoms with Crippen LogP contribution >= 0.6 is 0 Å². The van der Waals surface area contributed by atoms with Crippen molar-refractivity contribution in [2.24, 2.45) is 5.92 Å². The van der Waals surface area contributed by atoms with Gasteiger partial charge in [0.2, 0.25) is 5.91 Å². The summed E-state index contributed by atoms with van der Waals surface area (Å²) in [6, 6.07) is 3.63. The van der Waals surface area contributed by atoms with E-state index in [2.05, 4.69) is 11.1 Å². The van der Waals surface area contributed by atoms with Gasteiger partial charge in [-0.1, -0.05) is 6.07 Å². The Balaban J connectivity index is 1.49. The summed E-state index contributed by atoms with van der Waals surface area (Å²) in [6.07, 6.45) is 6.50. The quantitative estimate of drug-likeness (QED) is 0.764. The zero-order chi connectivity index (χ0) is 17.1. The fourth-order valence-corrected chi connectivity index (χ4v) is 3.30. The second kappa shape index (κ2) is 6.98. The van der Waals surface area contributed by atoms with Gasteiger partial charge in [0.15, 0.2) is 0 Å². The van der Waals surface area contributed by atoms with E-state index in [9.17, 15) is 14.4 Å². The minimum Gasteiger partial charge on any atom is -0.341 e. The van der Waals surface area contributed by atoms with E-state index in [0.717, 1.165) is 24.2 Å². The minimum absolute atomic E-state index is 0.0549. The number of likely N-dealkylation sites (N-methyl/N-ethyl adjacent to an activating group) is 1. The molecule has 24 heavy (non-hydrogen) atoms. The summed E-state index contributed by atoms with van der Waals surface area (Å²) in [7, 11) is 1.56. The molecule has 3 rings (SSSR count). The Morgan fingerprint density at radius 1 is 1.29 bits per heavy atom.